The lowest BCUT2D eigenvalue weighted by Gasteiger charge is -2.21. The molecule has 1 heterocycles. The molecule has 2 aromatic rings. The molecule has 0 aliphatic heterocycles. The van der Waals surface area contributed by atoms with Crippen LogP contribution in [0.15, 0.2) is 48.8 Å². The fraction of sp³-hybridized carbons (Fsp3) is 0.263. The zero-order valence-corrected chi connectivity index (χ0v) is 14.0. The van der Waals surface area contributed by atoms with Crippen LogP contribution in [0.5, 0.6) is 0 Å². The zero-order valence-electron chi connectivity index (χ0n) is 14.0. The summed E-state index contributed by atoms with van der Waals surface area (Å²) >= 11 is 0. The summed E-state index contributed by atoms with van der Waals surface area (Å²) in [6, 6.07) is 7.22. The zero-order chi connectivity index (χ0) is 18.1. The van der Waals surface area contributed by atoms with Crippen LogP contribution in [0.3, 0.4) is 0 Å². The molecule has 2 rings (SSSR count). The Morgan fingerprint density at radius 2 is 1.88 bits per heavy atom. The van der Waals surface area contributed by atoms with Gasteiger partial charge in [0, 0.05) is 50.8 Å². The highest BCUT2D eigenvalue weighted by molar-refractivity contribution is 5.91. The number of pyridine rings is 1. The van der Waals surface area contributed by atoms with Gasteiger partial charge in [0.15, 0.2) is 0 Å². The maximum atomic E-state index is 13.7. The number of carbonyl (C=O) groups is 1. The van der Waals surface area contributed by atoms with Gasteiger partial charge < -0.3 is 9.64 Å². The number of carbonyl (C=O) groups excluding carboxylic acids is 1. The third-order valence-corrected chi connectivity index (χ3v) is 3.60. The minimum absolute atomic E-state index is 0.225. The van der Waals surface area contributed by atoms with E-state index < -0.39 is 11.6 Å². The molecule has 0 fully saturated rings. The van der Waals surface area contributed by atoms with Crippen LogP contribution in [0, 0.1) is 11.6 Å². The second kappa shape index (κ2) is 9.64. The van der Waals surface area contributed by atoms with Gasteiger partial charge in [0.1, 0.15) is 11.6 Å². The highest BCUT2D eigenvalue weighted by atomic mass is 19.1. The Kier molecular flexibility index (Phi) is 7.22. The molecule has 0 unspecified atom stereocenters. The summed E-state index contributed by atoms with van der Waals surface area (Å²) < 4.78 is 32.3. The standard InChI is InChI=1S/C19H20F2N2O2/c1-25-13-3-12-23(14-15-8-10-22-11-9-15)19(24)7-6-16-17(20)4-2-5-18(16)21/h2,4-11H,3,12-14H2,1H3. The number of amides is 1. The molecular weight excluding hydrogens is 326 g/mol. The summed E-state index contributed by atoms with van der Waals surface area (Å²) in [6.07, 6.45) is 6.32. The molecular formula is C19H20F2N2O2. The lowest BCUT2D eigenvalue weighted by Crippen LogP contribution is -2.30. The van der Waals surface area contributed by atoms with Crippen molar-refractivity contribution >= 4 is 12.0 Å². The highest BCUT2D eigenvalue weighted by Gasteiger charge is 2.12. The maximum absolute atomic E-state index is 13.7. The summed E-state index contributed by atoms with van der Waals surface area (Å²) in [5.41, 5.74) is 0.697. The van der Waals surface area contributed by atoms with Crippen molar-refractivity contribution in [1.29, 1.82) is 0 Å². The van der Waals surface area contributed by atoms with Gasteiger partial charge in [-0.3, -0.25) is 9.78 Å². The normalized spacial score (nSPS) is 11.0. The van der Waals surface area contributed by atoms with E-state index in [0.29, 0.717) is 26.1 Å². The molecule has 132 valence electrons. The molecule has 0 saturated heterocycles. The van der Waals surface area contributed by atoms with Crippen LogP contribution in [0.4, 0.5) is 8.78 Å². The van der Waals surface area contributed by atoms with Gasteiger partial charge in [-0.05, 0) is 42.3 Å². The van der Waals surface area contributed by atoms with Crippen LogP contribution >= 0.6 is 0 Å². The molecule has 25 heavy (non-hydrogen) atoms. The molecule has 0 atom stereocenters. The number of benzene rings is 1. The average molecular weight is 346 g/mol. The van der Waals surface area contributed by atoms with Crippen molar-refractivity contribution in [2.75, 3.05) is 20.3 Å². The Morgan fingerprint density at radius 1 is 1.20 bits per heavy atom. The predicted molar refractivity (Wildman–Crippen MR) is 91.5 cm³/mol. The van der Waals surface area contributed by atoms with Crippen LogP contribution in [-0.2, 0) is 16.1 Å². The minimum atomic E-state index is -0.705. The Bertz CT molecular complexity index is 700. The molecule has 1 aromatic heterocycles. The Hall–Kier alpha value is -2.60. The smallest absolute Gasteiger partial charge is 0.246 e. The monoisotopic (exact) mass is 346 g/mol. The number of halogens is 2. The van der Waals surface area contributed by atoms with Gasteiger partial charge in [0.2, 0.25) is 5.91 Å². The third-order valence-electron chi connectivity index (χ3n) is 3.60. The topological polar surface area (TPSA) is 42.4 Å². The fourth-order valence-corrected chi connectivity index (χ4v) is 2.31. The van der Waals surface area contributed by atoms with E-state index in [9.17, 15) is 13.6 Å². The van der Waals surface area contributed by atoms with Gasteiger partial charge in [-0.2, -0.15) is 0 Å². The molecule has 0 radical (unpaired) electrons. The van der Waals surface area contributed by atoms with Crippen molar-refractivity contribution in [3.05, 3.63) is 71.6 Å². The number of nitrogens with zero attached hydrogens (tertiary/aromatic N) is 2. The number of methoxy groups -OCH3 is 1. The van der Waals surface area contributed by atoms with E-state index in [1.165, 1.54) is 18.2 Å². The van der Waals surface area contributed by atoms with E-state index in [0.717, 1.165) is 17.7 Å². The fourth-order valence-electron chi connectivity index (χ4n) is 2.31. The molecule has 6 heteroatoms. The summed E-state index contributed by atoms with van der Waals surface area (Å²) in [7, 11) is 1.59. The lowest BCUT2D eigenvalue weighted by atomic mass is 10.1. The van der Waals surface area contributed by atoms with E-state index in [2.05, 4.69) is 4.98 Å². The quantitative estimate of drug-likeness (QED) is 0.543. The summed E-state index contributed by atoms with van der Waals surface area (Å²) in [5.74, 6) is -1.73. The average Bonchev–Trinajstić information content (AvgIpc) is 2.61. The van der Waals surface area contributed by atoms with Crippen LogP contribution in [0.25, 0.3) is 6.08 Å². The molecule has 1 aromatic carbocycles. The van der Waals surface area contributed by atoms with Crippen LogP contribution in [0.1, 0.15) is 17.5 Å². The number of ether oxygens (including phenoxy) is 1. The van der Waals surface area contributed by atoms with E-state index in [4.69, 9.17) is 4.74 Å². The maximum Gasteiger partial charge on any atom is 0.246 e. The summed E-state index contributed by atoms with van der Waals surface area (Å²) in [5, 5.41) is 0. The van der Waals surface area contributed by atoms with Crippen molar-refractivity contribution < 1.29 is 18.3 Å². The van der Waals surface area contributed by atoms with E-state index >= 15 is 0 Å². The van der Waals surface area contributed by atoms with Crippen molar-refractivity contribution in [3.63, 3.8) is 0 Å². The number of aromatic nitrogens is 1. The van der Waals surface area contributed by atoms with Gasteiger partial charge in [0.05, 0.1) is 0 Å². The molecule has 0 spiro atoms. The van der Waals surface area contributed by atoms with Crippen molar-refractivity contribution in [2.45, 2.75) is 13.0 Å². The highest BCUT2D eigenvalue weighted by Crippen LogP contribution is 2.14. The first-order valence-corrected chi connectivity index (χ1v) is 7.90. The van der Waals surface area contributed by atoms with Crippen LogP contribution in [0.2, 0.25) is 0 Å². The molecule has 0 saturated carbocycles. The van der Waals surface area contributed by atoms with Crippen molar-refractivity contribution in [2.24, 2.45) is 0 Å². The molecule has 0 N–H and O–H groups in total. The molecule has 0 aliphatic carbocycles. The van der Waals surface area contributed by atoms with Gasteiger partial charge >= 0.3 is 0 Å². The predicted octanol–water partition coefficient (Wildman–Crippen LogP) is 3.44. The van der Waals surface area contributed by atoms with Gasteiger partial charge in [-0.25, -0.2) is 8.78 Å². The van der Waals surface area contributed by atoms with Gasteiger partial charge in [-0.1, -0.05) is 6.07 Å². The van der Waals surface area contributed by atoms with E-state index in [-0.39, 0.29) is 11.5 Å². The molecule has 1 amide bonds. The number of hydrogen-bond acceptors (Lipinski definition) is 3. The van der Waals surface area contributed by atoms with E-state index in [1.807, 2.05) is 12.1 Å². The molecule has 0 bridgehead atoms. The SMILES string of the molecule is COCCCN(Cc1ccncc1)C(=O)C=Cc1c(F)cccc1F. The van der Waals surface area contributed by atoms with Crippen LogP contribution in [-0.4, -0.2) is 36.1 Å². The van der Waals surface area contributed by atoms with Crippen LogP contribution < -0.4 is 0 Å². The van der Waals surface area contributed by atoms with Crippen molar-refractivity contribution in [3.8, 4) is 0 Å². The second-order valence-electron chi connectivity index (χ2n) is 5.43. The first-order valence-electron chi connectivity index (χ1n) is 7.90. The number of rotatable bonds is 8. The second-order valence-corrected chi connectivity index (χ2v) is 5.43. The van der Waals surface area contributed by atoms with Gasteiger partial charge in [0.25, 0.3) is 0 Å². The Morgan fingerprint density at radius 3 is 2.52 bits per heavy atom. The molecule has 0 aliphatic rings. The first kappa shape index (κ1) is 18.7. The summed E-state index contributed by atoms with van der Waals surface area (Å²) in [6.45, 7) is 1.38. The number of hydrogen-bond donors (Lipinski definition) is 0. The Labute approximate surface area is 145 Å². The minimum Gasteiger partial charge on any atom is -0.385 e. The lowest BCUT2D eigenvalue weighted by molar-refractivity contribution is -0.126. The summed E-state index contributed by atoms with van der Waals surface area (Å²) in [4.78, 5) is 18.0. The van der Waals surface area contributed by atoms with E-state index in [1.54, 1.807) is 24.4 Å². The Balaban J connectivity index is 2.12. The van der Waals surface area contributed by atoms with Gasteiger partial charge in [-0.15, -0.1) is 0 Å². The third kappa shape index (κ3) is 5.76. The largest absolute Gasteiger partial charge is 0.385 e. The molecule has 4 nitrogen and oxygen atoms in total. The van der Waals surface area contributed by atoms with Crippen molar-refractivity contribution in [1.82, 2.24) is 9.88 Å². The first-order chi connectivity index (χ1) is 12.1.